The van der Waals surface area contributed by atoms with E-state index in [1.165, 1.54) is 6.07 Å². The Kier molecular flexibility index (Phi) is 29.8. The van der Waals surface area contributed by atoms with Crippen LogP contribution in [-0.4, -0.2) is 56.8 Å². The first-order valence-electron chi connectivity index (χ1n) is 9.51. The molecule has 0 atom stereocenters. The summed E-state index contributed by atoms with van der Waals surface area (Å²) in [4.78, 5) is 52.0. The van der Waals surface area contributed by atoms with E-state index in [-0.39, 0.29) is 98.0 Å². The summed E-state index contributed by atoms with van der Waals surface area (Å²) in [6.45, 7) is 4.95. The summed E-state index contributed by atoms with van der Waals surface area (Å²) in [5.41, 5.74) is 8.66. The Morgan fingerprint density at radius 2 is 1.41 bits per heavy atom. The summed E-state index contributed by atoms with van der Waals surface area (Å²) in [7, 11) is 0. The van der Waals surface area contributed by atoms with Crippen molar-refractivity contribution in [2.45, 2.75) is 54.4 Å². The predicted molar refractivity (Wildman–Crippen MR) is 134 cm³/mol. The number of ether oxygens (including phenoxy) is 2. The molecule has 17 nitrogen and oxygen atoms in total. The molecule has 2 heterocycles. The fraction of sp³-hybridized carbons (Fsp3) is 0.556. The van der Waals surface area contributed by atoms with E-state index < -0.39 is 27.1 Å². The summed E-state index contributed by atoms with van der Waals surface area (Å²) in [6, 6.07) is 1.31. The smallest absolute Gasteiger partial charge is 1.00 e. The molecule has 204 valence electrons. The Balaban J connectivity index is -0.000000149. The molecule has 0 aliphatic carbocycles. The molecule has 7 N–H and O–H groups in total. The fourth-order valence-corrected chi connectivity index (χ4v) is 1.86. The van der Waals surface area contributed by atoms with Gasteiger partial charge in [-0.3, -0.25) is 29.7 Å². The molecular weight excluding hydrogens is 522 g/mol. The van der Waals surface area contributed by atoms with Crippen LogP contribution < -0.4 is 83.4 Å². The minimum atomic E-state index is -1.50. The number of unbranched alkanes of at least 4 members (excludes halogenated alkanes) is 2. The number of nitrogens with one attached hydrogen (secondary N) is 2. The Morgan fingerprint density at radius 3 is 1.76 bits per heavy atom. The van der Waals surface area contributed by atoms with E-state index in [9.17, 15) is 19.7 Å². The number of nitro groups is 1. The van der Waals surface area contributed by atoms with E-state index in [1.54, 1.807) is 0 Å². The van der Waals surface area contributed by atoms with Gasteiger partial charge in [0.05, 0.1) is 18.1 Å². The number of aromatic nitrogens is 4. The van der Waals surface area contributed by atoms with Gasteiger partial charge in [-0.2, -0.15) is 9.97 Å². The molecule has 0 saturated carbocycles. The number of H-pyrrole nitrogens is 2. The number of nitrogen functional groups attached to an aromatic ring is 2. The zero-order valence-electron chi connectivity index (χ0n) is 19.6. The summed E-state index contributed by atoms with van der Waals surface area (Å²) in [5, 5.41) is 24.1. The number of nitrogens with zero attached hydrogens (tertiary/aromatic N) is 4. The van der Waals surface area contributed by atoms with Crippen LogP contribution in [0.4, 0.5) is 17.3 Å². The third-order valence-corrected chi connectivity index (χ3v) is 3.30. The molecule has 0 aliphatic rings. The van der Waals surface area contributed by atoms with Gasteiger partial charge in [0, 0.05) is 6.07 Å². The molecule has 0 amide bonds. The maximum atomic E-state index is 11.2. The van der Waals surface area contributed by atoms with Crippen molar-refractivity contribution in [3.05, 3.63) is 47.0 Å². The molecule has 0 saturated heterocycles. The number of rotatable bonds is 9. The van der Waals surface area contributed by atoms with Crippen molar-refractivity contribution >= 4 is 25.7 Å². The van der Waals surface area contributed by atoms with Crippen molar-refractivity contribution < 1.29 is 76.1 Å². The van der Waals surface area contributed by atoms with Crippen molar-refractivity contribution in [1.29, 1.82) is 0 Å². The molecule has 0 aliphatic heterocycles. The Morgan fingerprint density at radius 1 is 0.973 bits per heavy atom. The molecule has 19 heteroatoms. The molecule has 4 radical (unpaired) electrons. The van der Waals surface area contributed by atoms with Crippen LogP contribution in [0.15, 0.2) is 15.7 Å². The van der Waals surface area contributed by atoms with Gasteiger partial charge in [0.15, 0.2) is 0 Å². The number of aromatic amines is 2. The number of nitrogens with two attached hydrogens (primary N) is 2. The van der Waals surface area contributed by atoms with Crippen molar-refractivity contribution in [2.75, 3.05) is 24.7 Å². The Hall–Kier alpha value is -2.74. The van der Waals surface area contributed by atoms with Gasteiger partial charge in [0.25, 0.3) is 22.7 Å². The third-order valence-electron chi connectivity index (χ3n) is 3.30. The standard InChI is InChI=1S/C8H12N4O4.C8H13N3O2.2CH4.B.K.HNO3/c1-2-3-4-16-8-10-6(9)5(12(14)15)7(13)11-8;1-2-3-4-13-8-10-6(9)5-7(12)11-8;;;;;2-1(3)4/h2-4H2,1H3,(H3,9,10,11,13);5H,2-4H2,1H3,(H3,9,10,11,12);2*1H4;;;(H,2,3,4)/q;;;;-1;+1;. The first kappa shape index (κ1) is 44.3. The third kappa shape index (κ3) is 21.1. The number of hydrogen-bond donors (Lipinski definition) is 5. The largest absolute Gasteiger partial charge is 1.00 e. The predicted octanol–water partition coefficient (Wildman–Crippen LogP) is -1.48. The number of hydrogen-bond acceptors (Lipinski definition) is 12. The monoisotopic (exact) mass is 556 g/mol. The van der Waals surface area contributed by atoms with Gasteiger partial charge in [-0.1, -0.05) is 41.5 Å². The van der Waals surface area contributed by atoms with Crippen LogP contribution in [0.25, 0.3) is 0 Å². The second kappa shape index (κ2) is 24.9. The second-order valence-corrected chi connectivity index (χ2v) is 5.98. The van der Waals surface area contributed by atoms with Gasteiger partial charge in [-0.05, 0) is 12.8 Å². The Bertz CT molecular complexity index is 1020. The summed E-state index contributed by atoms with van der Waals surface area (Å²) >= 11 is 0. The number of anilines is 2. The molecule has 2 aromatic rings. The maximum absolute atomic E-state index is 11.2. The Labute approximate surface area is 258 Å². The van der Waals surface area contributed by atoms with Crippen LogP contribution in [0.2, 0.25) is 0 Å². The summed E-state index contributed by atoms with van der Waals surface area (Å²) in [6.07, 6.45) is 3.68. The minimum Gasteiger partial charge on any atom is -1.00 e. The minimum absolute atomic E-state index is 0. The zero-order valence-corrected chi connectivity index (χ0v) is 22.7. The summed E-state index contributed by atoms with van der Waals surface area (Å²) < 4.78 is 10.2. The van der Waals surface area contributed by atoms with E-state index in [0.717, 1.165) is 25.7 Å². The van der Waals surface area contributed by atoms with Crippen molar-refractivity contribution in [1.82, 2.24) is 19.9 Å². The SMILES string of the molecule is C.C.CCCCOc1nc(N)c([N+](=O)[O-])c(=O)[nH]1.CCCCOc1nc(N)cc(=O)[nH]1.O=[N+]([O-])O.[B-].[K+]. The van der Waals surface area contributed by atoms with Crippen molar-refractivity contribution in [2.24, 2.45) is 0 Å². The topological polar surface area (TPSA) is 269 Å². The first-order valence-corrected chi connectivity index (χ1v) is 9.51. The van der Waals surface area contributed by atoms with E-state index >= 15 is 0 Å². The van der Waals surface area contributed by atoms with E-state index in [2.05, 4.69) is 26.9 Å². The molecule has 37 heavy (non-hydrogen) atoms. The first-order chi connectivity index (χ1) is 15.5. The van der Waals surface area contributed by atoms with Gasteiger partial charge >= 0.3 is 62.6 Å². The molecule has 2 rings (SSSR count). The zero-order chi connectivity index (χ0) is 25.4. The van der Waals surface area contributed by atoms with Crippen molar-refractivity contribution in [3.63, 3.8) is 0 Å². The second-order valence-electron chi connectivity index (χ2n) is 5.98. The van der Waals surface area contributed by atoms with Crippen LogP contribution >= 0.6 is 0 Å². The van der Waals surface area contributed by atoms with Gasteiger partial charge in [-0.25, -0.2) is 0 Å². The molecule has 0 spiro atoms. The van der Waals surface area contributed by atoms with Gasteiger partial charge < -0.3 is 34.6 Å². The van der Waals surface area contributed by atoms with E-state index in [0.29, 0.717) is 13.2 Å². The quantitative estimate of drug-likeness (QED) is 0.102. The molecule has 2 aromatic heterocycles. The van der Waals surface area contributed by atoms with Crippen molar-refractivity contribution in [3.8, 4) is 12.0 Å². The average Bonchev–Trinajstić information content (AvgIpc) is 2.67. The van der Waals surface area contributed by atoms with Gasteiger partial charge in [0.2, 0.25) is 5.82 Å². The van der Waals surface area contributed by atoms with E-state index in [1.807, 2.05) is 6.92 Å². The maximum Gasteiger partial charge on any atom is 1.00 e. The van der Waals surface area contributed by atoms with Crippen LogP contribution in [0.3, 0.4) is 0 Å². The molecular formula is C18H34BKN8O9. The van der Waals surface area contributed by atoms with Crippen LogP contribution in [0.1, 0.15) is 54.4 Å². The normalized spacial score (nSPS) is 8.49. The molecule has 0 unspecified atom stereocenters. The molecule has 0 aromatic carbocycles. The molecule has 0 fully saturated rings. The van der Waals surface area contributed by atoms with Crippen LogP contribution in [-0.2, 0) is 0 Å². The summed E-state index contributed by atoms with van der Waals surface area (Å²) in [5.74, 6) is -0.268. The van der Waals surface area contributed by atoms with E-state index in [4.69, 9.17) is 36.3 Å². The van der Waals surface area contributed by atoms with Crippen LogP contribution in [0.5, 0.6) is 12.0 Å². The average molecular weight is 556 g/mol. The molecule has 0 bridgehead atoms. The fourth-order valence-electron chi connectivity index (χ4n) is 1.86. The van der Waals surface area contributed by atoms with Gasteiger partial charge in [-0.15, -0.1) is 10.1 Å². The van der Waals surface area contributed by atoms with Gasteiger partial charge in [0.1, 0.15) is 5.82 Å². The van der Waals surface area contributed by atoms with Crippen LogP contribution in [0, 0.1) is 20.2 Å².